The largest absolute Gasteiger partial charge is 0.391 e. The molecule has 1 aromatic carbocycles. The summed E-state index contributed by atoms with van der Waals surface area (Å²) >= 11 is 1.59. The van der Waals surface area contributed by atoms with Crippen molar-refractivity contribution in [3.05, 3.63) is 40.6 Å². The fraction of sp³-hybridized carbons (Fsp3) is 0.250. The van der Waals surface area contributed by atoms with Gasteiger partial charge in [0.1, 0.15) is 6.04 Å². The van der Waals surface area contributed by atoms with Gasteiger partial charge in [-0.3, -0.25) is 9.59 Å². The van der Waals surface area contributed by atoms with Crippen LogP contribution in [0.4, 0.5) is 5.69 Å². The average molecular weight is 314 g/mol. The maximum absolute atomic E-state index is 12.8. The lowest BCUT2D eigenvalue weighted by atomic mass is 10.0. The van der Waals surface area contributed by atoms with E-state index in [4.69, 9.17) is 0 Å². The number of aliphatic hydroxyl groups excluding tert-OH is 1. The van der Waals surface area contributed by atoms with Gasteiger partial charge in [-0.05, 0) is 40.1 Å². The fourth-order valence-electron chi connectivity index (χ4n) is 3.10. The van der Waals surface area contributed by atoms with Crippen molar-refractivity contribution in [3.8, 4) is 11.1 Å². The van der Waals surface area contributed by atoms with Gasteiger partial charge in [0.25, 0.3) is 5.91 Å². The molecule has 0 unspecified atom stereocenters. The van der Waals surface area contributed by atoms with Crippen LogP contribution in [0.25, 0.3) is 11.1 Å². The first-order chi connectivity index (χ1) is 10.6. The molecule has 2 aliphatic heterocycles. The summed E-state index contributed by atoms with van der Waals surface area (Å²) < 4.78 is 0. The Balaban J connectivity index is 1.80. The molecule has 0 radical (unpaired) electrons. The molecule has 0 spiro atoms. The smallest absolute Gasteiger partial charge is 0.256 e. The first-order valence-corrected chi connectivity index (χ1v) is 8.04. The number of anilines is 1. The SMILES string of the molecule is O=C1Nc2ccc(-c3ccsc3)cc2C(=O)N2C[C@H](O)C[C@@H]12. The van der Waals surface area contributed by atoms with Gasteiger partial charge in [-0.2, -0.15) is 11.3 Å². The van der Waals surface area contributed by atoms with E-state index in [2.05, 4.69) is 5.32 Å². The Morgan fingerprint density at radius 2 is 2.09 bits per heavy atom. The van der Waals surface area contributed by atoms with Crippen molar-refractivity contribution in [1.82, 2.24) is 4.90 Å². The standard InChI is InChI=1S/C16H14N2O3S/c19-11-6-14-15(20)17-13-2-1-9(10-3-4-22-8-10)5-12(13)16(21)18(14)7-11/h1-5,8,11,14,19H,6-7H2,(H,17,20)/t11-,14+/m1/s1. The molecule has 2 aliphatic rings. The van der Waals surface area contributed by atoms with Crippen LogP contribution >= 0.6 is 11.3 Å². The Bertz CT molecular complexity index is 757. The second-order valence-electron chi connectivity index (χ2n) is 5.62. The predicted octanol–water partition coefficient (Wildman–Crippen LogP) is 1.94. The number of fused-ring (bicyclic) bond motifs is 2. The van der Waals surface area contributed by atoms with Crippen molar-refractivity contribution in [2.24, 2.45) is 0 Å². The zero-order valence-electron chi connectivity index (χ0n) is 11.7. The monoisotopic (exact) mass is 314 g/mol. The second-order valence-corrected chi connectivity index (χ2v) is 6.40. The number of carbonyl (C=O) groups excluding carboxylic acids is 2. The quantitative estimate of drug-likeness (QED) is 0.845. The number of hydrogen-bond donors (Lipinski definition) is 2. The highest BCUT2D eigenvalue weighted by Gasteiger charge is 2.42. The van der Waals surface area contributed by atoms with Crippen molar-refractivity contribution < 1.29 is 14.7 Å². The molecule has 2 N–H and O–H groups in total. The van der Waals surface area contributed by atoms with E-state index in [-0.39, 0.29) is 18.4 Å². The Labute approximate surface area is 131 Å². The van der Waals surface area contributed by atoms with E-state index in [9.17, 15) is 14.7 Å². The molecule has 2 amide bonds. The van der Waals surface area contributed by atoms with Crippen LogP contribution in [0.15, 0.2) is 35.0 Å². The molecule has 0 aliphatic carbocycles. The molecule has 5 nitrogen and oxygen atoms in total. The Kier molecular flexibility index (Phi) is 3.02. The number of rotatable bonds is 1. The average Bonchev–Trinajstić information content (AvgIpc) is 3.14. The van der Waals surface area contributed by atoms with Crippen LogP contribution < -0.4 is 5.32 Å². The van der Waals surface area contributed by atoms with Gasteiger partial charge in [-0.25, -0.2) is 0 Å². The third kappa shape index (κ3) is 2.03. The number of carbonyl (C=O) groups is 2. The topological polar surface area (TPSA) is 69.6 Å². The summed E-state index contributed by atoms with van der Waals surface area (Å²) in [5, 5.41) is 16.6. The van der Waals surface area contributed by atoms with Crippen molar-refractivity contribution in [1.29, 1.82) is 0 Å². The van der Waals surface area contributed by atoms with Gasteiger partial charge in [-0.1, -0.05) is 6.07 Å². The summed E-state index contributed by atoms with van der Waals surface area (Å²) in [4.78, 5) is 26.5. The second kappa shape index (κ2) is 4.93. The number of amides is 2. The number of thiophene rings is 1. The van der Waals surface area contributed by atoms with Gasteiger partial charge >= 0.3 is 0 Å². The van der Waals surface area contributed by atoms with Gasteiger partial charge in [0.05, 0.1) is 17.4 Å². The van der Waals surface area contributed by atoms with E-state index >= 15 is 0 Å². The minimum Gasteiger partial charge on any atom is -0.391 e. The number of benzene rings is 1. The first-order valence-electron chi connectivity index (χ1n) is 7.10. The molecule has 3 heterocycles. The van der Waals surface area contributed by atoms with Gasteiger partial charge < -0.3 is 15.3 Å². The lowest BCUT2D eigenvalue weighted by Crippen LogP contribution is -2.40. The fourth-order valence-corrected chi connectivity index (χ4v) is 3.76. The molecule has 22 heavy (non-hydrogen) atoms. The maximum atomic E-state index is 12.8. The summed E-state index contributed by atoms with van der Waals surface area (Å²) in [5.74, 6) is -0.432. The molecule has 0 bridgehead atoms. The molecule has 112 valence electrons. The normalized spacial score (nSPS) is 23.8. The highest BCUT2D eigenvalue weighted by Crippen LogP contribution is 2.32. The number of nitrogens with zero attached hydrogens (tertiary/aromatic N) is 1. The van der Waals surface area contributed by atoms with E-state index in [0.29, 0.717) is 17.7 Å². The van der Waals surface area contributed by atoms with Crippen LogP contribution in [0, 0.1) is 0 Å². The van der Waals surface area contributed by atoms with Crippen LogP contribution in [-0.2, 0) is 4.79 Å². The van der Waals surface area contributed by atoms with E-state index < -0.39 is 12.1 Å². The highest BCUT2D eigenvalue weighted by molar-refractivity contribution is 7.08. The Morgan fingerprint density at radius 3 is 2.86 bits per heavy atom. The van der Waals surface area contributed by atoms with E-state index in [1.54, 1.807) is 17.4 Å². The third-order valence-corrected chi connectivity index (χ3v) is 4.89. The number of hydrogen-bond acceptors (Lipinski definition) is 4. The summed E-state index contributed by atoms with van der Waals surface area (Å²) in [7, 11) is 0. The molecular formula is C16H14N2O3S. The van der Waals surface area contributed by atoms with Gasteiger partial charge in [0.15, 0.2) is 0 Å². The van der Waals surface area contributed by atoms with Crippen LogP contribution in [0.2, 0.25) is 0 Å². The lowest BCUT2D eigenvalue weighted by molar-refractivity contribution is -0.119. The van der Waals surface area contributed by atoms with Crippen LogP contribution in [0.3, 0.4) is 0 Å². The molecule has 2 aromatic rings. The minimum atomic E-state index is -0.638. The van der Waals surface area contributed by atoms with E-state index in [1.807, 2.05) is 29.0 Å². The van der Waals surface area contributed by atoms with E-state index in [1.165, 1.54) is 4.90 Å². The van der Waals surface area contributed by atoms with Crippen LogP contribution in [0.1, 0.15) is 16.8 Å². The predicted molar refractivity (Wildman–Crippen MR) is 83.8 cm³/mol. The number of aliphatic hydroxyl groups is 1. The molecule has 1 aromatic heterocycles. The van der Waals surface area contributed by atoms with E-state index in [0.717, 1.165) is 11.1 Å². The summed E-state index contributed by atoms with van der Waals surface area (Å²) in [5.41, 5.74) is 3.02. The molecule has 1 saturated heterocycles. The number of nitrogens with one attached hydrogen (secondary N) is 1. The van der Waals surface area contributed by atoms with Crippen molar-refractivity contribution >= 4 is 28.8 Å². The van der Waals surface area contributed by atoms with Gasteiger partial charge in [0, 0.05) is 13.0 Å². The van der Waals surface area contributed by atoms with Crippen molar-refractivity contribution in [3.63, 3.8) is 0 Å². The molecule has 2 atom stereocenters. The third-order valence-electron chi connectivity index (χ3n) is 4.20. The molecule has 0 saturated carbocycles. The Hall–Kier alpha value is -2.18. The summed E-state index contributed by atoms with van der Waals surface area (Å²) in [6.45, 7) is 0.207. The van der Waals surface area contributed by atoms with Crippen LogP contribution in [0.5, 0.6) is 0 Å². The zero-order chi connectivity index (χ0) is 15.3. The molecule has 4 rings (SSSR count). The first kappa shape index (κ1) is 13.5. The highest BCUT2D eigenvalue weighted by atomic mass is 32.1. The summed E-state index contributed by atoms with van der Waals surface area (Å²) in [6, 6.07) is 6.90. The van der Waals surface area contributed by atoms with Gasteiger partial charge in [0.2, 0.25) is 5.91 Å². The summed E-state index contributed by atoms with van der Waals surface area (Å²) in [6.07, 6.45) is -0.343. The minimum absolute atomic E-state index is 0.202. The molecular weight excluding hydrogens is 300 g/mol. The van der Waals surface area contributed by atoms with Crippen LogP contribution in [-0.4, -0.2) is 40.5 Å². The zero-order valence-corrected chi connectivity index (χ0v) is 12.5. The van der Waals surface area contributed by atoms with Crippen molar-refractivity contribution in [2.75, 3.05) is 11.9 Å². The van der Waals surface area contributed by atoms with Gasteiger partial charge in [-0.15, -0.1) is 0 Å². The molecule has 6 heteroatoms. The van der Waals surface area contributed by atoms with Crippen molar-refractivity contribution in [2.45, 2.75) is 18.6 Å². The molecule has 1 fully saturated rings. The Morgan fingerprint density at radius 1 is 1.23 bits per heavy atom. The lowest BCUT2D eigenvalue weighted by Gasteiger charge is -2.19. The maximum Gasteiger partial charge on any atom is 0.256 e.